The first kappa shape index (κ1) is 15.4. The third-order valence-electron chi connectivity index (χ3n) is 3.53. The van der Waals surface area contributed by atoms with Crippen molar-refractivity contribution in [1.82, 2.24) is 0 Å². The van der Waals surface area contributed by atoms with Crippen LogP contribution in [0.4, 0.5) is 0 Å². The second-order valence-corrected chi connectivity index (χ2v) is 7.79. The van der Waals surface area contributed by atoms with Crippen LogP contribution in [0.2, 0.25) is 0 Å². The summed E-state index contributed by atoms with van der Waals surface area (Å²) < 4.78 is 36.1. The van der Waals surface area contributed by atoms with Gasteiger partial charge in [0.1, 0.15) is 13.2 Å². The highest BCUT2D eigenvalue weighted by atomic mass is 35.5. The summed E-state index contributed by atoms with van der Waals surface area (Å²) in [7, 11) is -3.60. The molecular formula is C14H16ClNO5S. The van der Waals surface area contributed by atoms with Crippen LogP contribution >= 0.6 is 11.6 Å². The zero-order valence-electron chi connectivity index (χ0n) is 12.0. The summed E-state index contributed by atoms with van der Waals surface area (Å²) in [4.78, 5) is 5.16. The van der Waals surface area contributed by atoms with E-state index in [1.165, 1.54) is 0 Å². The summed E-state index contributed by atoms with van der Waals surface area (Å²) in [5.41, 5.74) is -0.209. The molecule has 0 aromatic heterocycles. The first-order chi connectivity index (χ1) is 10.4. The summed E-state index contributed by atoms with van der Waals surface area (Å²) in [5, 5.41) is 3.73. The van der Waals surface area contributed by atoms with E-state index in [2.05, 4.69) is 5.16 Å². The number of ether oxygens (including phenoxy) is 2. The molecule has 1 aromatic carbocycles. The molecule has 22 heavy (non-hydrogen) atoms. The molecule has 120 valence electrons. The van der Waals surface area contributed by atoms with Gasteiger partial charge in [0.2, 0.25) is 0 Å². The quantitative estimate of drug-likeness (QED) is 0.784. The largest absolute Gasteiger partial charge is 0.486 e. The van der Waals surface area contributed by atoms with Gasteiger partial charge in [0.15, 0.2) is 32.0 Å². The number of benzene rings is 1. The Hall–Kier alpha value is -1.47. The topological polar surface area (TPSA) is 74.2 Å². The van der Waals surface area contributed by atoms with Crippen LogP contribution in [0, 0.1) is 0 Å². The van der Waals surface area contributed by atoms with Gasteiger partial charge in [0.05, 0.1) is 11.6 Å². The van der Waals surface area contributed by atoms with E-state index in [1.54, 1.807) is 25.1 Å². The molecule has 1 unspecified atom stereocenters. The smallest absolute Gasteiger partial charge is 0.199 e. The average molecular weight is 346 g/mol. The number of para-hydroxylation sites is 1. The van der Waals surface area contributed by atoms with Gasteiger partial charge in [-0.25, -0.2) is 8.42 Å². The zero-order valence-corrected chi connectivity index (χ0v) is 13.6. The maximum Gasteiger partial charge on any atom is 0.199 e. The Kier molecular flexibility index (Phi) is 3.94. The van der Waals surface area contributed by atoms with E-state index in [0.29, 0.717) is 30.3 Å². The van der Waals surface area contributed by atoms with Gasteiger partial charge in [-0.1, -0.05) is 17.3 Å². The highest BCUT2D eigenvalue weighted by Crippen LogP contribution is 2.36. The first-order valence-electron chi connectivity index (χ1n) is 6.85. The zero-order chi connectivity index (χ0) is 15.8. The molecule has 2 heterocycles. The minimum Gasteiger partial charge on any atom is -0.486 e. The van der Waals surface area contributed by atoms with E-state index >= 15 is 0 Å². The number of rotatable bonds is 3. The molecule has 1 aromatic rings. The van der Waals surface area contributed by atoms with Gasteiger partial charge >= 0.3 is 0 Å². The normalized spacial score (nSPS) is 23.8. The average Bonchev–Trinajstić information content (AvgIpc) is 2.92. The SMILES string of the molecule is CC1(CCl)CC(S(=O)(=O)Cc2cccc3c2OCCO3)=NO1. The Balaban J connectivity index is 1.84. The van der Waals surface area contributed by atoms with E-state index in [0.717, 1.165) is 0 Å². The van der Waals surface area contributed by atoms with E-state index in [9.17, 15) is 8.42 Å². The van der Waals surface area contributed by atoms with E-state index in [4.69, 9.17) is 25.9 Å². The Morgan fingerprint density at radius 2 is 2.09 bits per heavy atom. The molecule has 0 saturated carbocycles. The summed E-state index contributed by atoms with van der Waals surface area (Å²) in [5.74, 6) is 1.01. The van der Waals surface area contributed by atoms with Crippen LogP contribution in [0.15, 0.2) is 23.4 Å². The van der Waals surface area contributed by atoms with Crippen molar-refractivity contribution in [3.05, 3.63) is 23.8 Å². The summed E-state index contributed by atoms with van der Waals surface area (Å²) in [6, 6.07) is 5.21. The number of fused-ring (bicyclic) bond motifs is 1. The number of hydrogen-bond acceptors (Lipinski definition) is 6. The van der Waals surface area contributed by atoms with E-state index in [1.807, 2.05) is 0 Å². The van der Waals surface area contributed by atoms with Crippen LogP contribution in [0.1, 0.15) is 18.9 Å². The van der Waals surface area contributed by atoms with Crippen LogP contribution in [0.5, 0.6) is 11.5 Å². The Bertz CT molecular complexity index is 718. The minimum absolute atomic E-state index is 0.0185. The van der Waals surface area contributed by atoms with Crippen molar-refractivity contribution in [2.45, 2.75) is 24.7 Å². The molecule has 0 radical (unpaired) electrons. The van der Waals surface area contributed by atoms with Gasteiger partial charge in [0.25, 0.3) is 0 Å². The van der Waals surface area contributed by atoms with Gasteiger partial charge in [-0.05, 0) is 13.0 Å². The lowest BCUT2D eigenvalue weighted by Gasteiger charge is -2.21. The van der Waals surface area contributed by atoms with Crippen LogP contribution in [0.25, 0.3) is 0 Å². The standard InChI is InChI=1S/C14H16ClNO5S/c1-14(9-15)7-12(16-21-14)22(17,18)8-10-3-2-4-11-13(10)20-6-5-19-11/h2-4H,5-9H2,1H3. The second-order valence-electron chi connectivity index (χ2n) is 5.54. The van der Waals surface area contributed by atoms with Gasteiger partial charge < -0.3 is 14.3 Å². The fraction of sp³-hybridized carbons (Fsp3) is 0.500. The molecule has 1 atom stereocenters. The van der Waals surface area contributed by atoms with Crippen molar-refractivity contribution < 1.29 is 22.7 Å². The molecular weight excluding hydrogens is 330 g/mol. The lowest BCUT2D eigenvalue weighted by atomic mass is 10.1. The number of halogens is 1. The molecule has 6 nitrogen and oxygen atoms in total. The van der Waals surface area contributed by atoms with Crippen LogP contribution in [0.3, 0.4) is 0 Å². The Labute approximate surface area is 133 Å². The molecule has 3 rings (SSSR count). The van der Waals surface area contributed by atoms with Crippen molar-refractivity contribution in [2.24, 2.45) is 5.16 Å². The molecule has 8 heteroatoms. The maximum atomic E-state index is 12.5. The van der Waals surface area contributed by atoms with Crippen LogP contribution in [-0.2, 0) is 20.4 Å². The lowest BCUT2D eigenvalue weighted by molar-refractivity contribution is 0.0152. The van der Waals surface area contributed by atoms with Crippen LogP contribution < -0.4 is 9.47 Å². The van der Waals surface area contributed by atoms with Crippen molar-refractivity contribution in [3.8, 4) is 11.5 Å². The van der Waals surface area contributed by atoms with Gasteiger partial charge in [-0.15, -0.1) is 11.6 Å². The molecule has 0 N–H and O–H groups in total. The molecule has 0 aliphatic carbocycles. The van der Waals surface area contributed by atoms with Gasteiger partial charge in [-0.3, -0.25) is 0 Å². The Morgan fingerprint density at radius 1 is 1.32 bits per heavy atom. The Morgan fingerprint density at radius 3 is 2.82 bits per heavy atom. The number of sulfone groups is 1. The predicted molar refractivity (Wildman–Crippen MR) is 82.3 cm³/mol. The van der Waals surface area contributed by atoms with E-state index < -0.39 is 15.4 Å². The summed E-state index contributed by atoms with van der Waals surface area (Å²) >= 11 is 5.79. The summed E-state index contributed by atoms with van der Waals surface area (Å²) in [6.45, 7) is 2.59. The number of nitrogens with zero attached hydrogens (tertiary/aromatic N) is 1. The number of oxime groups is 1. The first-order valence-corrected chi connectivity index (χ1v) is 9.03. The van der Waals surface area contributed by atoms with Crippen LogP contribution in [-0.4, -0.2) is 38.2 Å². The molecule has 0 fully saturated rings. The second kappa shape index (κ2) is 5.62. The molecule has 2 aliphatic heterocycles. The monoisotopic (exact) mass is 345 g/mol. The predicted octanol–water partition coefficient (Wildman–Crippen LogP) is 2.10. The lowest BCUT2D eigenvalue weighted by Crippen LogP contribution is -2.29. The maximum absolute atomic E-state index is 12.5. The third-order valence-corrected chi connectivity index (χ3v) is 5.72. The van der Waals surface area contributed by atoms with Crippen molar-refractivity contribution in [2.75, 3.05) is 19.1 Å². The molecule has 0 spiro atoms. The fourth-order valence-corrected chi connectivity index (χ4v) is 3.94. The summed E-state index contributed by atoms with van der Waals surface area (Å²) in [6.07, 6.45) is 0.172. The van der Waals surface area contributed by atoms with E-state index in [-0.39, 0.29) is 23.1 Å². The molecule has 0 amide bonds. The van der Waals surface area contributed by atoms with Crippen molar-refractivity contribution >= 4 is 26.5 Å². The third kappa shape index (κ3) is 2.87. The molecule has 0 bridgehead atoms. The fourth-order valence-electron chi connectivity index (χ4n) is 2.32. The van der Waals surface area contributed by atoms with Gasteiger partial charge in [-0.2, -0.15) is 0 Å². The minimum atomic E-state index is -3.60. The van der Waals surface area contributed by atoms with Gasteiger partial charge in [0, 0.05) is 12.0 Å². The number of alkyl halides is 1. The van der Waals surface area contributed by atoms with Crippen molar-refractivity contribution in [3.63, 3.8) is 0 Å². The molecule has 0 saturated heterocycles. The highest BCUT2D eigenvalue weighted by molar-refractivity contribution is 8.05. The number of hydrogen-bond donors (Lipinski definition) is 0. The highest BCUT2D eigenvalue weighted by Gasteiger charge is 2.39. The molecule has 2 aliphatic rings. The van der Waals surface area contributed by atoms with Crippen molar-refractivity contribution in [1.29, 1.82) is 0 Å².